The maximum atomic E-state index is 11.9. The Labute approximate surface area is 121 Å². The molecule has 21 heavy (non-hydrogen) atoms. The quantitative estimate of drug-likeness (QED) is 0.785. The van der Waals surface area contributed by atoms with E-state index in [9.17, 15) is 14.7 Å². The van der Waals surface area contributed by atoms with Gasteiger partial charge in [0, 0.05) is 0 Å². The maximum Gasteiger partial charge on any atom is 0.333 e. The van der Waals surface area contributed by atoms with Gasteiger partial charge in [-0.05, 0) is 24.6 Å². The fraction of sp³-hybridized carbons (Fsp3) is 0.200. The molecule has 1 aromatic carbocycles. The van der Waals surface area contributed by atoms with Crippen LogP contribution in [0.5, 0.6) is 0 Å². The van der Waals surface area contributed by atoms with Crippen molar-refractivity contribution >= 4 is 12.0 Å². The monoisotopic (exact) mass is 288 g/mol. The molecule has 110 valence electrons. The van der Waals surface area contributed by atoms with E-state index in [0.29, 0.717) is 11.3 Å². The van der Waals surface area contributed by atoms with Crippen molar-refractivity contribution in [2.45, 2.75) is 19.0 Å². The number of nitrogens with one attached hydrogen (secondary N) is 2. The molecular weight excluding hydrogens is 272 g/mol. The van der Waals surface area contributed by atoms with Crippen LogP contribution in [-0.4, -0.2) is 17.1 Å². The van der Waals surface area contributed by atoms with Crippen LogP contribution >= 0.6 is 0 Å². The van der Waals surface area contributed by atoms with Gasteiger partial charge in [0.05, 0.1) is 12.8 Å². The van der Waals surface area contributed by atoms with Crippen molar-refractivity contribution < 1.29 is 19.1 Å². The van der Waals surface area contributed by atoms with Crippen LogP contribution in [0, 0.1) is 0 Å². The Balaban J connectivity index is 2.06. The molecule has 6 nitrogen and oxygen atoms in total. The summed E-state index contributed by atoms with van der Waals surface area (Å²) in [5.41, 5.74) is -1.01. The largest absolute Gasteiger partial charge is 0.479 e. The predicted octanol–water partition coefficient (Wildman–Crippen LogP) is 2.08. The summed E-state index contributed by atoms with van der Waals surface area (Å²) in [5, 5.41) is 14.5. The third kappa shape index (κ3) is 3.42. The lowest BCUT2D eigenvalue weighted by atomic mass is 9.92. The van der Waals surface area contributed by atoms with Crippen LogP contribution in [0.3, 0.4) is 0 Å². The summed E-state index contributed by atoms with van der Waals surface area (Å²) in [7, 11) is 0. The van der Waals surface area contributed by atoms with E-state index in [1.165, 1.54) is 13.2 Å². The lowest BCUT2D eigenvalue weighted by Crippen LogP contribution is -2.52. The number of carbonyl (C=O) groups excluding carboxylic acids is 1. The number of amides is 2. The molecule has 1 unspecified atom stereocenters. The SMILES string of the molecule is CC(NC(=O)NCc1ccco1)(C(=O)O)c1ccccc1. The first-order valence-corrected chi connectivity index (χ1v) is 6.39. The highest BCUT2D eigenvalue weighted by Crippen LogP contribution is 2.20. The van der Waals surface area contributed by atoms with Crippen molar-refractivity contribution in [2.24, 2.45) is 0 Å². The number of carbonyl (C=O) groups is 2. The molecule has 0 aliphatic carbocycles. The molecule has 0 spiro atoms. The van der Waals surface area contributed by atoms with E-state index in [1.807, 2.05) is 0 Å². The van der Waals surface area contributed by atoms with Crippen molar-refractivity contribution in [3.05, 3.63) is 60.1 Å². The van der Waals surface area contributed by atoms with E-state index in [4.69, 9.17) is 4.42 Å². The summed E-state index contributed by atoms with van der Waals surface area (Å²) < 4.78 is 5.09. The van der Waals surface area contributed by atoms with Gasteiger partial charge >= 0.3 is 12.0 Å². The molecule has 3 N–H and O–H groups in total. The van der Waals surface area contributed by atoms with Crippen molar-refractivity contribution in [1.29, 1.82) is 0 Å². The van der Waals surface area contributed by atoms with Crippen LogP contribution in [0.2, 0.25) is 0 Å². The minimum absolute atomic E-state index is 0.184. The Morgan fingerprint density at radius 2 is 1.90 bits per heavy atom. The lowest BCUT2D eigenvalue weighted by molar-refractivity contribution is -0.144. The zero-order chi connectivity index (χ0) is 15.3. The number of hydrogen-bond donors (Lipinski definition) is 3. The van der Waals surface area contributed by atoms with Crippen molar-refractivity contribution in [3.8, 4) is 0 Å². The number of carboxylic acid groups (broad SMARTS) is 1. The summed E-state index contributed by atoms with van der Waals surface area (Å²) in [6.45, 7) is 1.63. The summed E-state index contributed by atoms with van der Waals surface area (Å²) >= 11 is 0. The van der Waals surface area contributed by atoms with Crippen molar-refractivity contribution in [2.75, 3.05) is 0 Å². The maximum absolute atomic E-state index is 11.9. The molecule has 1 aromatic heterocycles. The van der Waals surface area contributed by atoms with Crippen LogP contribution in [-0.2, 0) is 16.9 Å². The molecule has 1 heterocycles. The molecule has 0 bridgehead atoms. The molecular formula is C15H16N2O4. The second-order valence-corrected chi connectivity index (χ2v) is 4.68. The average Bonchev–Trinajstić information content (AvgIpc) is 2.99. The molecule has 0 saturated heterocycles. The van der Waals surface area contributed by atoms with E-state index < -0.39 is 17.5 Å². The third-order valence-corrected chi connectivity index (χ3v) is 3.15. The van der Waals surface area contributed by atoms with E-state index in [2.05, 4.69) is 10.6 Å². The number of benzene rings is 1. The van der Waals surface area contributed by atoms with Gasteiger partial charge in [-0.1, -0.05) is 30.3 Å². The van der Waals surface area contributed by atoms with Crippen LogP contribution in [0.1, 0.15) is 18.2 Å². The van der Waals surface area contributed by atoms with Crippen LogP contribution in [0.4, 0.5) is 4.79 Å². The Kier molecular flexibility index (Phi) is 4.27. The second-order valence-electron chi connectivity index (χ2n) is 4.68. The first-order valence-electron chi connectivity index (χ1n) is 6.39. The fourth-order valence-corrected chi connectivity index (χ4v) is 1.87. The van der Waals surface area contributed by atoms with Crippen LogP contribution in [0.15, 0.2) is 53.1 Å². The molecule has 0 aliphatic heterocycles. The van der Waals surface area contributed by atoms with Gasteiger partial charge in [-0.15, -0.1) is 0 Å². The Morgan fingerprint density at radius 3 is 2.48 bits per heavy atom. The second kappa shape index (κ2) is 6.13. The first kappa shape index (κ1) is 14.6. The molecule has 6 heteroatoms. The number of carboxylic acids is 1. The van der Waals surface area contributed by atoms with Gasteiger partial charge in [0.15, 0.2) is 5.54 Å². The summed E-state index contributed by atoms with van der Waals surface area (Å²) in [4.78, 5) is 23.4. The molecule has 0 radical (unpaired) electrons. The number of hydrogen-bond acceptors (Lipinski definition) is 3. The standard InChI is InChI=1S/C15H16N2O4/c1-15(13(18)19,11-6-3-2-4-7-11)17-14(20)16-10-12-8-5-9-21-12/h2-9H,10H2,1H3,(H,18,19)(H2,16,17,20). The highest BCUT2D eigenvalue weighted by Gasteiger charge is 2.36. The van der Waals surface area contributed by atoms with Gasteiger partial charge in [-0.2, -0.15) is 0 Å². The Hall–Kier alpha value is -2.76. The van der Waals surface area contributed by atoms with E-state index >= 15 is 0 Å². The van der Waals surface area contributed by atoms with Gasteiger partial charge in [0.1, 0.15) is 5.76 Å². The van der Waals surface area contributed by atoms with Gasteiger partial charge < -0.3 is 20.2 Å². The average molecular weight is 288 g/mol. The Bertz CT molecular complexity index is 610. The normalized spacial score (nSPS) is 13.2. The molecule has 0 saturated carbocycles. The molecule has 2 amide bonds. The minimum atomic E-state index is -1.51. The third-order valence-electron chi connectivity index (χ3n) is 3.15. The smallest absolute Gasteiger partial charge is 0.333 e. The lowest BCUT2D eigenvalue weighted by Gasteiger charge is -2.26. The van der Waals surface area contributed by atoms with Gasteiger partial charge in [0.25, 0.3) is 0 Å². The molecule has 1 atom stereocenters. The van der Waals surface area contributed by atoms with E-state index in [1.54, 1.807) is 42.5 Å². The van der Waals surface area contributed by atoms with E-state index in [-0.39, 0.29) is 6.54 Å². The Morgan fingerprint density at radius 1 is 1.19 bits per heavy atom. The van der Waals surface area contributed by atoms with Crippen LogP contribution in [0.25, 0.3) is 0 Å². The minimum Gasteiger partial charge on any atom is -0.479 e. The zero-order valence-corrected chi connectivity index (χ0v) is 11.5. The summed E-state index contributed by atoms with van der Waals surface area (Å²) in [5.74, 6) is -0.552. The molecule has 0 aliphatic rings. The molecule has 2 aromatic rings. The first-order chi connectivity index (χ1) is 10.0. The van der Waals surface area contributed by atoms with E-state index in [0.717, 1.165) is 0 Å². The van der Waals surface area contributed by atoms with Crippen LogP contribution < -0.4 is 10.6 Å². The topological polar surface area (TPSA) is 91.6 Å². The number of furan rings is 1. The van der Waals surface area contributed by atoms with Gasteiger partial charge in [0.2, 0.25) is 0 Å². The highest BCUT2D eigenvalue weighted by atomic mass is 16.4. The highest BCUT2D eigenvalue weighted by molar-refractivity contribution is 5.87. The predicted molar refractivity (Wildman–Crippen MR) is 75.5 cm³/mol. The number of rotatable bonds is 5. The number of aliphatic carboxylic acids is 1. The molecule has 0 fully saturated rings. The molecule has 2 rings (SSSR count). The number of urea groups is 1. The van der Waals surface area contributed by atoms with Gasteiger partial charge in [-0.3, -0.25) is 0 Å². The van der Waals surface area contributed by atoms with Crippen molar-refractivity contribution in [3.63, 3.8) is 0 Å². The summed E-state index contributed by atoms with van der Waals surface area (Å²) in [6.07, 6.45) is 1.50. The summed E-state index contributed by atoms with van der Waals surface area (Å²) in [6, 6.07) is 11.4. The van der Waals surface area contributed by atoms with Crippen molar-refractivity contribution in [1.82, 2.24) is 10.6 Å². The fourth-order valence-electron chi connectivity index (χ4n) is 1.87. The van der Waals surface area contributed by atoms with Gasteiger partial charge in [-0.25, -0.2) is 9.59 Å². The zero-order valence-electron chi connectivity index (χ0n) is 11.5.